The molecule has 1 aromatic heterocycles. The highest BCUT2D eigenvalue weighted by molar-refractivity contribution is 6.00. The Labute approximate surface area is 149 Å². The number of ether oxygens (including phenoxy) is 1. The Hall–Kier alpha value is -2.57. The van der Waals surface area contributed by atoms with Crippen LogP contribution in [0.5, 0.6) is 5.75 Å². The molecule has 0 bridgehead atoms. The molecule has 26 heavy (non-hydrogen) atoms. The number of hydrogen-bond acceptors (Lipinski definition) is 3. The van der Waals surface area contributed by atoms with Crippen molar-refractivity contribution in [2.45, 2.75) is 38.0 Å². The molecule has 1 amide bonds. The number of hydrogen-bond donors (Lipinski definition) is 1. The first-order chi connectivity index (χ1) is 12.4. The first kappa shape index (κ1) is 18.2. The number of pyridine rings is 1. The van der Waals surface area contributed by atoms with Gasteiger partial charge in [-0.15, -0.1) is 0 Å². The fraction of sp³-hybridized carbons (Fsp3) is 0.368. The minimum absolute atomic E-state index is 0.0812. The lowest BCUT2D eigenvalue weighted by molar-refractivity contribution is -0.185. The number of anilines is 1. The number of carbonyl (C=O) groups is 1. The van der Waals surface area contributed by atoms with E-state index in [1.54, 1.807) is 18.2 Å². The van der Waals surface area contributed by atoms with Crippen molar-refractivity contribution >= 4 is 22.5 Å². The van der Waals surface area contributed by atoms with Gasteiger partial charge >= 0.3 is 6.18 Å². The number of halogens is 3. The Bertz CT molecular complexity index is 812. The van der Waals surface area contributed by atoms with Crippen molar-refractivity contribution in [1.82, 2.24) is 4.98 Å². The lowest BCUT2D eigenvalue weighted by Crippen LogP contribution is -2.31. The molecule has 7 heteroatoms. The maximum atomic E-state index is 12.8. The van der Waals surface area contributed by atoms with E-state index in [0.29, 0.717) is 35.2 Å². The zero-order valence-corrected chi connectivity index (χ0v) is 14.1. The van der Waals surface area contributed by atoms with Crippen LogP contribution in [0.4, 0.5) is 18.9 Å². The molecule has 138 valence electrons. The van der Waals surface area contributed by atoms with Crippen LogP contribution < -0.4 is 10.1 Å². The summed E-state index contributed by atoms with van der Waals surface area (Å²) in [6.45, 7) is 3.40. The highest BCUT2D eigenvalue weighted by Gasteiger charge is 2.41. The van der Waals surface area contributed by atoms with Gasteiger partial charge in [-0.1, -0.05) is 12.6 Å². The number of alkyl halides is 3. The van der Waals surface area contributed by atoms with Crippen molar-refractivity contribution in [3.8, 4) is 5.75 Å². The minimum atomic E-state index is -4.13. The van der Waals surface area contributed by atoms with Crippen LogP contribution >= 0.6 is 0 Å². The third-order valence-corrected chi connectivity index (χ3v) is 4.57. The molecule has 3 rings (SSSR count). The van der Waals surface area contributed by atoms with Gasteiger partial charge in [0.1, 0.15) is 5.75 Å². The van der Waals surface area contributed by atoms with Gasteiger partial charge in [-0.3, -0.25) is 9.78 Å². The van der Waals surface area contributed by atoms with Crippen molar-refractivity contribution in [3.05, 3.63) is 43.1 Å². The predicted octanol–water partition coefficient (Wildman–Crippen LogP) is 4.86. The van der Waals surface area contributed by atoms with Gasteiger partial charge in [0.05, 0.1) is 29.4 Å². The van der Waals surface area contributed by atoms with Crippen molar-refractivity contribution in [2.75, 3.05) is 5.32 Å². The van der Waals surface area contributed by atoms with Crippen molar-refractivity contribution in [1.29, 1.82) is 0 Å². The van der Waals surface area contributed by atoms with Crippen LogP contribution in [0.15, 0.2) is 43.1 Å². The molecular weight excluding hydrogens is 345 g/mol. The molecule has 0 atom stereocenters. The lowest BCUT2D eigenvalue weighted by Gasteiger charge is -2.30. The Morgan fingerprint density at radius 2 is 2.00 bits per heavy atom. The van der Waals surface area contributed by atoms with Crippen LogP contribution in [-0.4, -0.2) is 23.2 Å². The second kappa shape index (κ2) is 7.35. The van der Waals surface area contributed by atoms with E-state index in [2.05, 4.69) is 16.9 Å². The molecule has 0 unspecified atom stereocenters. The molecule has 0 aliphatic heterocycles. The third-order valence-electron chi connectivity index (χ3n) is 4.57. The Kier molecular flexibility index (Phi) is 5.15. The molecule has 1 aliphatic rings. The predicted molar refractivity (Wildman–Crippen MR) is 93.0 cm³/mol. The summed E-state index contributed by atoms with van der Waals surface area (Å²) in [5, 5.41) is 3.34. The number of benzene rings is 1. The van der Waals surface area contributed by atoms with E-state index < -0.39 is 12.1 Å². The normalized spacial score (nSPS) is 20.6. The van der Waals surface area contributed by atoms with Gasteiger partial charge in [0.2, 0.25) is 5.91 Å². The topological polar surface area (TPSA) is 51.2 Å². The molecular formula is C19H19F3N2O2. The summed E-state index contributed by atoms with van der Waals surface area (Å²) in [6, 6.07) is 7.09. The van der Waals surface area contributed by atoms with Crippen molar-refractivity contribution in [3.63, 3.8) is 0 Å². The molecule has 4 nitrogen and oxygen atoms in total. The molecule has 1 heterocycles. The molecule has 1 N–H and O–H groups in total. The van der Waals surface area contributed by atoms with E-state index in [1.807, 2.05) is 6.07 Å². The highest BCUT2D eigenvalue weighted by atomic mass is 19.4. The molecule has 1 saturated carbocycles. The van der Waals surface area contributed by atoms with Crippen molar-refractivity contribution < 1.29 is 22.7 Å². The standard InChI is InChI=1S/C19H19F3N2O2/c1-2-18(25)24-13-10-15-16(23-11-13)4-3-5-17(15)26-14-8-6-12(7-9-14)19(20,21)22/h2-5,10-12,14H,1,6-9H2,(H,24,25)/t12-,14-. The monoisotopic (exact) mass is 364 g/mol. The zero-order valence-electron chi connectivity index (χ0n) is 14.1. The Morgan fingerprint density at radius 3 is 2.65 bits per heavy atom. The maximum Gasteiger partial charge on any atom is 0.391 e. The van der Waals surface area contributed by atoms with E-state index in [1.165, 1.54) is 6.20 Å². The van der Waals surface area contributed by atoms with E-state index >= 15 is 0 Å². The van der Waals surface area contributed by atoms with Crippen LogP contribution in [0, 0.1) is 5.92 Å². The molecule has 1 aromatic carbocycles. The van der Waals surface area contributed by atoms with E-state index in [4.69, 9.17) is 4.74 Å². The number of carbonyl (C=O) groups excluding carboxylic acids is 1. The molecule has 0 spiro atoms. The zero-order chi connectivity index (χ0) is 18.7. The number of fused-ring (bicyclic) bond motifs is 1. The van der Waals surface area contributed by atoms with Gasteiger partial charge in [0, 0.05) is 5.39 Å². The molecule has 0 radical (unpaired) electrons. The van der Waals surface area contributed by atoms with Gasteiger partial charge in [-0.25, -0.2) is 0 Å². The molecule has 2 aromatic rings. The first-order valence-corrected chi connectivity index (χ1v) is 8.42. The minimum Gasteiger partial charge on any atom is -0.490 e. The Morgan fingerprint density at radius 1 is 1.27 bits per heavy atom. The van der Waals surface area contributed by atoms with Crippen molar-refractivity contribution in [2.24, 2.45) is 5.92 Å². The SMILES string of the molecule is C=CC(=O)Nc1cnc2cccc(O[C@H]3CC[C@H](C(F)(F)F)CC3)c2c1. The quantitative estimate of drug-likeness (QED) is 0.789. The number of rotatable bonds is 4. The summed E-state index contributed by atoms with van der Waals surface area (Å²) in [7, 11) is 0. The Balaban J connectivity index is 1.76. The summed E-state index contributed by atoms with van der Waals surface area (Å²) in [6.07, 6.45) is -0.816. The summed E-state index contributed by atoms with van der Waals surface area (Å²) in [5.41, 5.74) is 1.18. The number of aromatic nitrogens is 1. The van der Waals surface area contributed by atoms with Gasteiger partial charge in [0.15, 0.2) is 0 Å². The molecule has 0 saturated heterocycles. The first-order valence-electron chi connectivity index (χ1n) is 8.42. The number of amides is 1. The molecule has 1 aliphatic carbocycles. The summed E-state index contributed by atoms with van der Waals surface area (Å²) in [4.78, 5) is 15.7. The van der Waals surface area contributed by atoms with Gasteiger partial charge in [-0.05, 0) is 50.0 Å². The van der Waals surface area contributed by atoms with Gasteiger partial charge in [-0.2, -0.15) is 13.2 Å². The van der Waals surface area contributed by atoms with Crippen LogP contribution in [0.1, 0.15) is 25.7 Å². The third kappa shape index (κ3) is 4.15. The maximum absolute atomic E-state index is 12.8. The largest absolute Gasteiger partial charge is 0.490 e. The fourth-order valence-corrected chi connectivity index (χ4v) is 3.17. The van der Waals surface area contributed by atoms with Gasteiger partial charge in [0.25, 0.3) is 0 Å². The van der Waals surface area contributed by atoms with E-state index in [0.717, 1.165) is 6.08 Å². The fourth-order valence-electron chi connectivity index (χ4n) is 3.17. The average molecular weight is 364 g/mol. The van der Waals surface area contributed by atoms with Crippen LogP contribution in [0.3, 0.4) is 0 Å². The second-order valence-electron chi connectivity index (χ2n) is 6.37. The van der Waals surface area contributed by atoms with Gasteiger partial charge < -0.3 is 10.1 Å². The highest BCUT2D eigenvalue weighted by Crippen LogP contribution is 2.39. The lowest BCUT2D eigenvalue weighted by atomic mass is 9.87. The summed E-state index contributed by atoms with van der Waals surface area (Å²) >= 11 is 0. The number of nitrogens with zero attached hydrogens (tertiary/aromatic N) is 1. The summed E-state index contributed by atoms with van der Waals surface area (Å²) < 4.78 is 44.3. The van der Waals surface area contributed by atoms with Crippen LogP contribution in [0.2, 0.25) is 0 Å². The smallest absolute Gasteiger partial charge is 0.391 e. The molecule has 1 fully saturated rings. The van der Waals surface area contributed by atoms with Crippen LogP contribution in [-0.2, 0) is 4.79 Å². The summed E-state index contributed by atoms with van der Waals surface area (Å²) in [5.74, 6) is -1.03. The van der Waals surface area contributed by atoms with E-state index in [-0.39, 0.29) is 24.9 Å². The van der Waals surface area contributed by atoms with Crippen LogP contribution in [0.25, 0.3) is 10.9 Å². The second-order valence-corrected chi connectivity index (χ2v) is 6.37. The number of nitrogens with one attached hydrogen (secondary N) is 1. The van der Waals surface area contributed by atoms with E-state index in [9.17, 15) is 18.0 Å². The average Bonchev–Trinajstić information content (AvgIpc) is 2.62.